The van der Waals surface area contributed by atoms with Crippen molar-refractivity contribution in [2.75, 3.05) is 25.5 Å². The van der Waals surface area contributed by atoms with E-state index in [0.717, 1.165) is 12.8 Å². The number of carbonyl (C=O) groups is 2. The molecule has 3 rings (SSSR count). The van der Waals surface area contributed by atoms with Crippen molar-refractivity contribution in [3.63, 3.8) is 0 Å². The van der Waals surface area contributed by atoms with Crippen molar-refractivity contribution >= 4 is 23.6 Å². The molecule has 0 aromatic carbocycles. The topological polar surface area (TPSA) is 78.9 Å². The first-order chi connectivity index (χ1) is 9.18. The van der Waals surface area contributed by atoms with Gasteiger partial charge in [-0.3, -0.25) is 4.79 Å². The fourth-order valence-corrected chi connectivity index (χ4v) is 4.28. The summed E-state index contributed by atoms with van der Waals surface area (Å²) in [6.07, 6.45) is 2.20. The lowest BCUT2D eigenvalue weighted by molar-refractivity contribution is -0.151. The summed E-state index contributed by atoms with van der Waals surface area (Å²) >= 11 is 1.61. The Morgan fingerprint density at radius 2 is 2.16 bits per heavy atom. The van der Waals surface area contributed by atoms with Gasteiger partial charge in [0.2, 0.25) is 5.91 Å². The normalized spacial score (nSPS) is 35.4. The first-order valence-corrected chi connectivity index (χ1v) is 7.71. The summed E-state index contributed by atoms with van der Waals surface area (Å²) in [6.45, 7) is 1.58. The van der Waals surface area contributed by atoms with Crippen LogP contribution in [0.25, 0.3) is 0 Å². The molecular formula is C12H18N2O4S. The molecule has 1 saturated carbocycles. The molecule has 0 spiro atoms. The monoisotopic (exact) mass is 286 g/mol. The minimum atomic E-state index is -0.902. The van der Waals surface area contributed by atoms with E-state index in [9.17, 15) is 14.7 Å². The van der Waals surface area contributed by atoms with Gasteiger partial charge < -0.3 is 20.1 Å². The summed E-state index contributed by atoms with van der Waals surface area (Å²) in [5.41, 5.74) is 0. The Labute approximate surface area is 115 Å². The molecule has 2 heterocycles. The second-order valence-corrected chi connectivity index (χ2v) is 6.39. The lowest BCUT2D eigenvalue weighted by Gasteiger charge is -2.33. The quantitative estimate of drug-likeness (QED) is 0.744. The molecule has 0 bridgehead atoms. The van der Waals surface area contributed by atoms with E-state index in [1.165, 1.54) is 0 Å². The molecule has 3 fully saturated rings. The Hall–Kier alpha value is -0.790. The number of morpholine rings is 1. The number of rotatable bonds is 3. The maximum Gasteiger partial charge on any atom is 0.327 e. The molecule has 2 aliphatic heterocycles. The van der Waals surface area contributed by atoms with E-state index in [0.29, 0.717) is 31.4 Å². The van der Waals surface area contributed by atoms with Gasteiger partial charge in [0.05, 0.1) is 18.6 Å². The molecule has 0 radical (unpaired) electrons. The van der Waals surface area contributed by atoms with Crippen LogP contribution < -0.4 is 5.32 Å². The summed E-state index contributed by atoms with van der Waals surface area (Å²) < 4.78 is 5.31. The summed E-state index contributed by atoms with van der Waals surface area (Å²) in [5, 5.41) is 12.4. The van der Waals surface area contributed by atoms with Gasteiger partial charge in [-0.1, -0.05) is 0 Å². The molecule has 2 N–H and O–H groups in total. The molecule has 7 heteroatoms. The highest BCUT2D eigenvalue weighted by molar-refractivity contribution is 8.00. The fourth-order valence-electron chi connectivity index (χ4n) is 2.65. The third kappa shape index (κ3) is 2.59. The van der Waals surface area contributed by atoms with Crippen molar-refractivity contribution < 1.29 is 19.4 Å². The average Bonchev–Trinajstić information content (AvgIpc) is 3.17. The van der Waals surface area contributed by atoms with Gasteiger partial charge in [-0.15, -0.1) is 11.8 Å². The zero-order valence-electron chi connectivity index (χ0n) is 10.6. The van der Waals surface area contributed by atoms with Crippen molar-refractivity contribution in [3.8, 4) is 0 Å². The number of ether oxygens (including phenoxy) is 1. The molecule has 1 aliphatic carbocycles. The molecular weight excluding hydrogens is 268 g/mol. The highest BCUT2D eigenvalue weighted by atomic mass is 32.2. The number of amides is 1. The number of thioether (sulfide) groups is 1. The van der Waals surface area contributed by atoms with E-state index in [1.54, 1.807) is 16.7 Å². The maximum atomic E-state index is 12.6. The van der Waals surface area contributed by atoms with Crippen molar-refractivity contribution in [2.45, 2.75) is 30.3 Å². The Morgan fingerprint density at radius 3 is 2.74 bits per heavy atom. The van der Waals surface area contributed by atoms with Crippen molar-refractivity contribution in [2.24, 2.45) is 5.92 Å². The maximum absolute atomic E-state index is 12.6. The van der Waals surface area contributed by atoms with E-state index < -0.39 is 18.1 Å². The van der Waals surface area contributed by atoms with Crippen LogP contribution in [0.2, 0.25) is 0 Å². The van der Waals surface area contributed by atoms with Gasteiger partial charge in [-0.25, -0.2) is 4.79 Å². The molecule has 0 aromatic heterocycles. The molecule has 2 saturated heterocycles. The van der Waals surface area contributed by atoms with Gasteiger partial charge in [0.1, 0.15) is 12.1 Å². The van der Waals surface area contributed by atoms with Crippen LogP contribution in [0.5, 0.6) is 0 Å². The average molecular weight is 286 g/mol. The Bertz CT molecular complexity index is 382. The lowest BCUT2D eigenvalue weighted by atomic mass is 10.1. The highest BCUT2D eigenvalue weighted by Gasteiger charge is 2.49. The second kappa shape index (κ2) is 5.30. The van der Waals surface area contributed by atoms with Crippen LogP contribution in [-0.4, -0.2) is 64.9 Å². The number of hydrogen-bond acceptors (Lipinski definition) is 5. The first kappa shape index (κ1) is 13.2. The van der Waals surface area contributed by atoms with Crippen LogP contribution in [0.4, 0.5) is 0 Å². The van der Waals surface area contributed by atoms with Gasteiger partial charge in [0, 0.05) is 12.3 Å². The predicted octanol–water partition coefficient (Wildman–Crippen LogP) is -0.260. The fraction of sp³-hybridized carbons (Fsp3) is 0.833. The summed E-state index contributed by atoms with van der Waals surface area (Å²) in [5.74, 6) is -0.0481. The van der Waals surface area contributed by atoms with Crippen molar-refractivity contribution in [1.82, 2.24) is 10.2 Å². The second-order valence-electron chi connectivity index (χ2n) is 5.24. The SMILES string of the molecule is O=C(O)C1CSC(C2CC2)N1C(=O)C1COCCN1. The molecule has 0 aromatic rings. The number of carboxylic acid groups (broad SMARTS) is 1. The Kier molecular flexibility index (Phi) is 3.68. The smallest absolute Gasteiger partial charge is 0.327 e. The predicted molar refractivity (Wildman–Crippen MR) is 69.8 cm³/mol. The number of nitrogens with zero attached hydrogens (tertiary/aromatic N) is 1. The summed E-state index contributed by atoms with van der Waals surface area (Å²) in [7, 11) is 0. The van der Waals surface area contributed by atoms with E-state index in [-0.39, 0.29) is 11.3 Å². The van der Waals surface area contributed by atoms with Crippen molar-refractivity contribution in [3.05, 3.63) is 0 Å². The number of aliphatic carboxylic acids is 1. The molecule has 106 valence electrons. The van der Waals surface area contributed by atoms with Crippen LogP contribution in [0.15, 0.2) is 0 Å². The number of carbonyl (C=O) groups excluding carboxylic acids is 1. The van der Waals surface area contributed by atoms with Crippen LogP contribution in [-0.2, 0) is 14.3 Å². The summed E-state index contributed by atoms with van der Waals surface area (Å²) in [6, 6.07) is -1.08. The van der Waals surface area contributed by atoms with Gasteiger partial charge in [0.15, 0.2) is 0 Å². The minimum Gasteiger partial charge on any atom is -0.480 e. The van der Waals surface area contributed by atoms with Crippen LogP contribution in [0.3, 0.4) is 0 Å². The zero-order valence-corrected chi connectivity index (χ0v) is 11.4. The van der Waals surface area contributed by atoms with Crippen LogP contribution >= 0.6 is 11.8 Å². The van der Waals surface area contributed by atoms with E-state index in [1.807, 2.05) is 0 Å². The van der Waals surface area contributed by atoms with Crippen LogP contribution in [0, 0.1) is 5.92 Å². The zero-order chi connectivity index (χ0) is 13.4. The molecule has 1 amide bonds. The minimum absolute atomic E-state index is 0.0392. The Morgan fingerprint density at radius 1 is 1.37 bits per heavy atom. The number of carboxylic acids is 1. The third-order valence-electron chi connectivity index (χ3n) is 3.82. The lowest BCUT2D eigenvalue weighted by Crippen LogP contribution is -2.57. The third-order valence-corrected chi connectivity index (χ3v) is 5.28. The van der Waals surface area contributed by atoms with Gasteiger partial charge in [0.25, 0.3) is 0 Å². The first-order valence-electron chi connectivity index (χ1n) is 6.66. The van der Waals surface area contributed by atoms with Crippen LogP contribution in [0.1, 0.15) is 12.8 Å². The highest BCUT2D eigenvalue weighted by Crippen LogP contribution is 2.45. The van der Waals surface area contributed by atoms with Gasteiger partial charge in [-0.2, -0.15) is 0 Å². The molecule has 6 nitrogen and oxygen atoms in total. The standard InChI is InChI=1S/C12H18N2O4S/c15-10(8-5-18-4-3-13-8)14-9(12(16)17)6-19-11(14)7-1-2-7/h7-9,11,13H,1-6H2,(H,16,17). The molecule has 3 aliphatic rings. The molecule has 3 unspecified atom stereocenters. The molecule has 3 atom stereocenters. The van der Waals surface area contributed by atoms with Gasteiger partial charge in [-0.05, 0) is 18.8 Å². The van der Waals surface area contributed by atoms with E-state index in [2.05, 4.69) is 5.32 Å². The molecule has 19 heavy (non-hydrogen) atoms. The number of hydrogen-bond donors (Lipinski definition) is 2. The summed E-state index contributed by atoms with van der Waals surface area (Å²) in [4.78, 5) is 25.5. The van der Waals surface area contributed by atoms with E-state index >= 15 is 0 Å². The van der Waals surface area contributed by atoms with Gasteiger partial charge >= 0.3 is 5.97 Å². The van der Waals surface area contributed by atoms with Crippen molar-refractivity contribution in [1.29, 1.82) is 0 Å². The Balaban J connectivity index is 1.76. The van der Waals surface area contributed by atoms with E-state index in [4.69, 9.17) is 4.74 Å². The largest absolute Gasteiger partial charge is 0.480 e. The number of nitrogens with one attached hydrogen (secondary N) is 1.